The van der Waals surface area contributed by atoms with E-state index >= 15 is 0 Å². The fraction of sp³-hybridized carbons (Fsp3) is 0.933. The molecule has 0 aliphatic heterocycles. The average Bonchev–Trinajstić information content (AvgIpc) is 2.47. The van der Waals surface area contributed by atoms with Crippen LogP contribution in [-0.2, 0) is 19.7 Å². The summed E-state index contributed by atoms with van der Waals surface area (Å²) < 4.78 is 49.2. The number of hydrogen-bond acceptors (Lipinski definition) is 5. The molecule has 0 amide bonds. The van der Waals surface area contributed by atoms with Crippen LogP contribution in [0.3, 0.4) is 0 Å². The van der Waals surface area contributed by atoms with E-state index in [1.165, 1.54) is 0 Å². The van der Waals surface area contributed by atoms with Crippen molar-refractivity contribution in [1.82, 2.24) is 0 Å². The topological polar surface area (TPSA) is 92.1 Å². The van der Waals surface area contributed by atoms with Gasteiger partial charge in [-0.2, -0.15) is 0 Å². The van der Waals surface area contributed by atoms with E-state index in [-0.39, 0.29) is 0 Å². The van der Waals surface area contributed by atoms with Gasteiger partial charge in [-0.3, -0.25) is 5.41 Å². The minimum Gasteiger partial charge on any atom is -0.279 e. The Bertz CT molecular complexity index is 554. The Balaban J connectivity index is 2.15. The van der Waals surface area contributed by atoms with Crippen molar-refractivity contribution >= 4 is 24.1 Å². The van der Waals surface area contributed by atoms with Crippen molar-refractivity contribution in [1.29, 1.82) is 5.41 Å². The summed E-state index contributed by atoms with van der Waals surface area (Å²) in [7, 11) is -8.02. The van der Waals surface area contributed by atoms with Crippen LogP contribution < -0.4 is 0 Å². The normalized spacial score (nSPS) is 34.3. The molecular formula is C15H27NO4S2. The molecule has 0 aromatic carbocycles. The van der Waals surface area contributed by atoms with E-state index in [0.29, 0.717) is 37.5 Å². The lowest BCUT2D eigenvalue weighted by molar-refractivity contribution is 0.383. The molecule has 5 nitrogen and oxygen atoms in total. The fourth-order valence-corrected chi connectivity index (χ4v) is 8.05. The minimum atomic E-state index is -4.01. The SMILES string of the molecule is CC1CCC(S(=O)(=O)C(=N)S(=O)(=O)C2CCC(C)CC2)CC1. The van der Waals surface area contributed by atoms with Gasteiger partial charge in [-0.05, 0) is 63.2 Å². The van der Waals surface area contributed by atoms with Gasteiger partial charge in [0.2, 0.25) is 24.1 Å². The molecule has 22 heavy (non-hydrogen) atoms. The van der Waals surface area contributed by atoms with Crippen LogP contribution in [0.1, 0.15) is 65.2 Å². The fourth-order valence-electron chi connectivity index (χ4n) is 3.54. The Morgan fingerprint density at radius 1 is 0.682 bits per heavy atom. The molecule has 2 rings (SSSR count). The second-order valence-corrected chi connectivity index (χ2v) is 11.7. The molecule has 0 radical (unpaired) electrons. The molecular weight excluding hydrogens is 322 g/mol. The quantitative estimate of drug-likeness (QED) is 0.613. The standard InChI is InChI=1S/C15H27NO4S2/c1-11-3-7-13(8-4-11)21(17,18)15(16)22(19,20)14-9-5-12(2)6-10-14/h11-14,16H,3-10H2,1-2H3. The Morgan fingerprint density at radius 2 is 0.955 bits per heavy atom. The van der Waals surface area contributed by atoms with Crippen LogP contribution in [0.25, 0.3) is 0 Å². The van der Waals surface area contributed by atoms with Gasteiger partial charge in [-0.1, -0.05) is 13.8 Å². The van der Waals surface area contributed by atoms with Crippen molar-refractivity contribution in [3.05, 3.63) is 0 Å². The summed E-state index contributed by atoms with van der Waals surface area (Å²) in [5, 5.41) is 6.52. The highest BCUT2D eigenvalue weighted by atomic mass is 32.3. The molecule has 0 saturated heterocycles. The van der Waals surface area contributed by atoms with Gasteiger partial charge in [-0.15, -0.1) is 0 Å². The van der Waals surface area contributed by atoms with Crippen LogP contribution in [0, 0.1) is 17.2 Å². The molecule has 0 aromatic heterocycles. The van der Waals surface area contributed by atoms with Crippen LogP contribution in [-0.4, -0.2) is 31.7 Å². The Morgan fingerprint density at radius 3 is 1.23 bits per heavy atom. The van der Waals surface area contributed by atoms with E-state index in [1.54, 1.807) is 0 Å². The summed E-state index contributed by atoms with van der Waals surface area (Å²) >= 11 is 0. The third-order valence-electron chi connectivity index (χ3n) is 5.32. The highest BCUT2D eigenvalue weighted by molar-refractivity contribution is 8.31. The highest BCUT2D eigenvalue weighted by Crippen LogP contribution is 2.33. The van der Waals surface area contributed by atoms with Gasteiger partial charge in [0.25, 0.3) is 0 Å². The molecule has 0 bridgehead atoms. The van der Waals surface area contributed by atoms with Crippen molar-refractivity contribution in [2.75, 3.05) is 0 Å². The first-order valence-electron chi connectivity index (χ1n) is 8.22. The second-order valence-electron chi connectivity index (χ2n) is 7.14. The van der Waals surface area contributed by atoms with Gasteiger partial charge in [0, 0.05) is 0 Å². The zero-order valence-electron chi connectivity index (χ0n) is 13.4. The minimum absolute atomic E-state index is 0.475. The molecule has 2 saturated carbocycles. The van der Waals surface area contributed by atoms with Gasteiger partial charge in [0.05, 0.1) is 10.5 Å². The predicted octanol–water partition coefficient (Wildman–Crippen LogP) is 2.91. The smallest absolute Gasteiger partial charge is 0.240 e. The molecule has 7 heteroatoms. The Kier molecular flexibility index (Phi) is 5.37. The Labute approximate surface area is 134 Å². The summed E-state index contributed by atoms with van der Waals surface area (Å²) in [6.07, 6.45) is 5.06. The molecule has 1 N–H and O–H groups in total. The number of sulfone groups is 2. The van der Waals surface area contributed by atoms with E-state index in [1.807, 2.05) is 0 Å². The van der Waals surface area contributed by atoms with Gasteiger partial charge in [-0.25, -0.2) is 16.8 Å². The molecule has 0 unspecified atom stereocenters. The molecule has 2 aliphatic rings. The van der Waals surface area contributed by atoms with Crippen molar-refractivity contribution < 1.29 is 16.8 Å². The van der Waals surface area contributed by atoms with Gasteiger partial charge in [0.15, 0.2) is 0 Å². The second kappa shape index (κ2) is 6.59. The monoisotopic (exact) mass is 349 g/mol. The predicted molar refractivity (Wildman–Crippen MR) is 88.4 cm³/mol. The zero-order valence-corrected chi connectivity index (χ0v) is 15.0. The summed E-state index contributed by atoms with van der Waals surface area (Å²) in [6, 6.07) is 0. The Hall–Kier alpha value is -0.430. The first kappa shape index (κ1) is 17.9. The van der Waals surface area contributed by atoms with Crippen LogP contribution in [0.2, 0.25) is 0 Å². The van der Waals surface area contributed by atoms with Crippen molar-refractivity contribution in [3.63, 3.8) is 0 Å². The third kappa shape index (κ3) is 3.55. The third-order valence-corrected chi connectivity index (χ3v) is 10.4. The molecule has 0 spiro atoms. The van der Waals surface area contributed by atoms with Crippen LogP contribution in [0.5, 0.6) is 0 Å². The van der Waals surface area contributed by atoms with Gasteiger partial charge in [0.1, 0.15) is 0 Å². The van der Waals surface area contributed by atoms with Crippen LogP contribution in [0.4, 0.5) is 0 Å². The summed E-state index contributed by atoms with van der Waals surface area (Å²) in [5.41, 5.74) is 0. The van der Waals surface area contributed by atoms with E-state index < -0.39 is 34.6 Å². The van der Waals surface area contributed by atoms with E-state index in [9.17, 15) is 16.8 Å². The first-order chi connectivity index (χ1) is 10.2. The van der Waals surface area contributed by atoms with E-state index in [0.717, 1.165) is 25.7 Å². The maximum absolute atomic E-state index is 12.5. The number of rotatable bonds is 2. The summed E-state index contributed by atoms with van der Waals surface area (Å²) in [5.74, 6) is 0.967. The van der Waals surface area contributed by atoms with Crippen molar-refractivity contribution in [2.24, 2.45) is 11.8 Å². The zero-order chi connectivity index (χ0) is 16.5. The molecule has 0 aromatic rings. The van der Waals surface area contributed by atoms with Gasteiger partial charge < -0.3 is 0 Å². The molecule has 0 atom stereocenters. The van der Waals surface area contributed by atoms with Gasteiger partial charge >= 0.3 is 0 Å². The lowest BCUT2D eigenvalue weighted by atomic mass is 9.91. The van der Waals surface area contributed by atoms with Crippen molar-refractivity contribution in [2.45, 2.75) is 75.7 Å². The maximum atomic E-state index is 12.5. The molecule has 2 aliphatic carbocycles. The number of nitrogens with one attached hydrogen (secondary N) is 1. The summed E-state index contributed by atoms with van der Waals surface area (Å²) in [4.78, 5) is 0. The highest BCUT2D eigenvalue weighted by Gasteiger charge is 2.43. The van der Waals surface area contributed by atoms with E-state index in [2.05, 4.69) is 13.8 Å². The number of hydrogen-bond donors (Lipinski definition) is 1. The maximum Gasteiger partial charge on any atom is 0.240 e. The molecule has 0 heterocycles. The molecule has 2 fully saturated rings. The van der Waals surface area contributed by atoms with Crippen LogP contribution >= 0.6 is 0 Å². The summed E-state index contributed by atoms with van der Waals surface area (Å²) in [6.45, 7) is 4.15. The molecule has 128 valence electrons. The van der Waals surface area contributed by atoms with Crippen LogP contribution in [0.15, 0.2) is 0 Å². The lowest BCUT2D eigenvalue weighted by Gasteiger charge is -2.28. The average molecular weight is 350 g/mol. The first-order valence-corrected chi connectivity index (χ1v) is 11.3. The van der Waals surface area contributed by atoms with Crippen molar-refractivity contribution in [3.8, 4) is 0 Å². The lowest BCUT2D eigenvalue weighted by Crippen LogP contribution is -2.40. The van der Waals surface area contributed by atoms with E-state index in [4.69, 9.17) is 5.41 Å². The largest absolute Gasteiger partial charge is 0.279 e.